The molecule has 1 aromatic heterocycles. The molecule has 29 heavy (non-hydrogen) atoms. The van der Waals surface area contributed by atoms with Crippen LogP contribution in [0.4, 0.5) is 13.2 Å². The van der Waals surface area contributed by atoms with E-state index in [0.29, 0.717) is 17.4 Å². The molecule has 2 N–H and O–H groups in total. The Hall–Kier alpha value is -2.61. The first-order chi connectivity index (χ1) is 13.7. The summed E-state index contributed by atoms with van der Waals surface area (Å²) in [7, 11) is 1.48. The summed E-state index contributed by atoms with van der Waals surface area (Å²) in [6.45, 7) is 1.67. The Kier molecular flexibility index (Phi) is 5.84. The molecule has 0 radical (unpaired) electrons. The molecule has 1 aromatic carbocycles. The van der Waals surface area contributed by atoms with E-state index in [4.69, 9.17) is 4.74 Å². The third-order valence-corrected chi connectivity index (χ3v) is 5.21. The number of hydrogen-bond acceptors (Lipinski definition) is 4. The minimum Gasteiger partial charge on any atom is -0.481 e. The molecule has 0 spiro atoms. The fraction of sp³-hybridized carbons (Fsp3) is 0.429. The number of carbonyl (C=O) groups excluding carboxylic acids is 1. The van der Waals surface area contributed by atoms with Crippen molar-refractivity contribution in [3.8, 4) is 5.88 Å². The van der Waals surface area contributed by atoms with Gasteiger partial charge in [0.05, 0.1) is 12.7 Å². The summed E-state index contributed by atoms with van der Waals surface area (Å²) in [6.07, 6.45) is -0.526. The standard InChI is InChI=1S/C21H23F3N2O3/c1-3-20(28,16-6-8-17(9-7-16)21(22,23)24)19(27)26-12-15-10-14(13-4-5-13)11-25-18(15)29-2/h6-11,13,28H,3-5,12H2,1-2H3,(H,26,27)/t20-/m1/s1. The number of pyridine rings is 1. The lowest BCUT2D eigenvalue weighted by Gasteiger charge is -2.26. The van der Waals surface area contributed by atoms with Gasteiger partial charge >= 0.3 is 6.18 Å². The van der Waals surface area contributed by atoms with Gasteiger partial charge in [-0.15, -0.1) is 0 Å². The highest BCUT2D eigenvalue weighted by molar-refractivity contribution is 5.86. The zero-order valence-electron chi connectivity index (χ0n) is 16.2. The van der Waals surface area contributed by atoms with E-state index in [1.54, 1.807) is 13.1 Å². The summed E-state index contributed by atoms with van der Waals surface area (Å²) >= 11 is 0. The molecule has 1 aliphatic carbocycles. The maximum absolute atomic E-state index is 12.8. The zero-order chi connectivity index (χ0) is 21.2. The number of methoxy groups -OCH3 is 1. The fourth-order valence-electron chi connectivity index (χ4n) is 3.22. The number of aliphatic hydroxyl groups is 1. The van der Waals surface area contributed by atoms with Crippen LogP contribution in [0.2, 0.25) is 0 Å². The monoisotopic (exact) mass is 408 g/mol. The van der Waals surface area contributed by atoms with Crippen LogP contribution in [-0.4, -0.2) is 23.1 Å². The van der Waals surface area contributed by atoms with Crippen LogP contribution in [0.3, 0.4) is 0 Å². The lowest BCUT2D eigenvalue weighted by Crippen LogP contribution is -2.43. The first kappa shape index (κ1) is 21.1. The third kappa shape index (κ3) is 4.53. The van der Waals surface area contributed by atoms with Crippen LogP contribution in [0.25, 0.3) is 0 Å². The van der Waals surface area contributed by atoms with Crippen LogP contribution in [-0.2, 0) is 23.1 Å². The average molecular weight is 408 g/mol. The van der Waals surface area contributed by atoms with Gasteiger partial charge in [0.25, 0.3) is 5.91 Å². The van der Waals surface area contributed by atoms with Gasteiger partial charge in [-0.05, 0) is 54.5 Å². The van der Waals surface area contributed by atoms with Crippen molar-refractivity contribution < 1.29 is 27.8 Å². The SMILES string of the molecule is CC[C@](O)(C(=O)NCc1cc(C2CC2)cnc1OC)c1ccc(C(F)(F)F)cc1. The first-order valence-corrected chi connectivity index (χ1v) is 9.40. The van der Waals surface area contributed by atoms with Gasteiger partial charge in [0.2, 0.25) is 5.88 Å². The van der Waals surface area contributed by atoms with E-state index in [1.807, 2.05) is 6.07 Å². The molecule has 1 heterocycles. The Morgan fingerprint density at radius 1 is 1.24 bits per heavy atom. The summed E-state index contributed by atoms with van der Waals surface area (Å²) in [5, 5.41) is 13.5. The number of ether oxygens (including phenoxy) is 1. The molecule has 0 bridgehead atoms. The first-order valence-electron chi connectivity index (χ1n) is 9.40. The lowest BCUT2D eigenvalue weighted by atomic mass is 9.89. The fourth-order valence-corrected chi connectivity index (χ4v) is 3.22. The molecule has 1 saturated carbocycles. The molecular weight excluding hydrogens is 385 g/mol. The predicted octanol–water partition coefficient (Wildman–Crippen LogP) is 3.90. The van der Waals surface area contributed by atoms with Crippen molar-refractivity contribution in [3.05, 3.63) is 58.8 Å². The van der Waals surface area contributed by atoms with Gasteiger partial charge in [-0.1, -0.05) is 19.1 Å². The minimum absolute atomic E-state index is 0.00168. The summed E-state index contributed by atoms with van der Waals surface area (Å²) in [6, 6.07) is 5.89. The Bertz CT molecular complexity index is 880. The summed E-state index contributed by atoms with van der Waals surface area (Å²) in [5.74, 6) is 0.158. The molecule has 1 atom stereocenters. The van der Waals surface area contributed by atoms with Crippen LogP contribution in [0.15, 0.2) is 36.5 Å². The molecule has 1 amide bonds. The van der Waals surface area contributed by atoms with Crippen molar-refractivity contribution >= 4 is 5.91 Å². The number of rotatable bonds is 7. The quantitative estimate of drug-likeness (QED) is 0.729. The van der Waals surface area contributed by atoms with Crippen molar-refractivity contribution in [2.24, 2.45) is 0 Å². The van der Waals surface area contributed by atoms with Crippen molar-refractivity contribution in [3.63, 3.8) is 0 Å². The van der Waals surface area contributed by atoms with Gasteiger partial charge < -0.3 is 15.2 Å². The lowest BCUT2D eigenvalue weighted by molar-refractivity contribution is -0.141. The molecule has 8 heteroatoms. The number of nitrogens with one attached hydrogen (secondary N) is 1. The zero-order valence-corrected chi connectivity index (χ0v) is 16.2. The number of carbonyl (C=O) groups is 1. The second-order valence-corrected chi connectivity index (χ2v) is 7.18. The summed E-state index contributed by atoms with van der Waals surface area (Å²) in [5.41, 5.74) is -0.936. The molecule has 2 aromatic rings. The molecule has 0 saturated heterocycles. The number of alkyl halides is 3. The molecule has 156 valence electrons. The van der Waals surface area contributed by atoms with E-state index in [1.165, 1.54) is 7.11 Å². The highest BCUT2D eigenvalue weighted by atomic mass is 19.4. The molecule has 1 fully saturated rings. The number of hydrogen-bond donors (Lipinski definition) is 2. The van der Waals surface area contributed by atoms with Crippen LogP contribution >= 0.6 is 0 Å². The average Bonchev–Trinajstić information content (AvgIpc) is 3.56. The third-order valence-electron chi connectivity index (χ3n) is 5.21. The number of halogens is 3. The molecule has 0 unspecified atom stereocenters. The number of amides is 1. The second kappa shape index (κ2) is 8.02. The maximum Gasteiger partial charge on any atom is 0.416 e. The van der Waals surface area contributed by atoms with Crippen LogP contribution in [0.5, 0.6) is 5.88 Å². The van der Waals surface area contributed by atoms with Gasteiger partial charge in [-0.3, -0.25) is 4.79 Å². The Morgan fingerprint density at radius 3 is 2.38 bits per heavy atom. The Balaban J connectivity index is 1.77. The minimum atomic E-state index is -4.48. The van der Waals surface area contributed by atoms with E-state index in [2.05, 4.69) is 10.3 Å². The van der Waals surface area contributed by atoms with Crippen molar-refractivity contribution in [1.29, 1.82) is 0 Å². The van der Waals surface area contributed by atoms with Crippen LogP contribution < -0.4 is 10.1 Å². The molecule has 1 aliphatic rings. The molecule has 3 rings (SSSR count). The van der Waals surface area contributed by atoms with Crippen molar-refractivity contribution in [2.45, 2.75) is 50.4 Å². The Morgan fingerprint density at radius 2 is 1.86 bits per heavy atom. The van der Waals surface area contributed by atoms with E-state index in [-0.39, 0.29) is 18.5 Å². The van der Waals surface area contributed by atoms with Gasteiger partial charge in [-0.25, -0.2) is 4.98 Å². The van der Waals surface area contributed by atoms with Crippen molar-refractivity contribution in [2.75, 3.05) is 7.11 Å². The highest BCUT2D eigenvalue weighted by Crippen LogP contribution is 2.40. The van der Waals surface area contributed by atoms with Crippen LogP contribution in [0, 0.1) is 0 Å². The van der Waals surface area contributed by atoms with E-state index in [0.717, 1.165) is 42.7 Å². The highest BCUT2D eigenvalue weighted by Gasteiger charge is 2.37. The number of benzene rings is 1. The van der Waals surface area contributed by atoms with Crippen molar-refractivity contribution in [1.82, 2.24) is 10.3 Å². The number of aromatic nitrogens is 1. The van der Waals surface area contributed by atoms with E-state index < -0.39 is 23.2 Å². The predicted molar refractivity (Wildman–Crippen MR) is 100 cm³/mol. The van der Waals surface area contributed by atoms with Gasteiger partial charge in [-0.2, -0.15) is 13.2 Å². The smallest absolute Gasteiger partial charge is 0.416 e. The maximum atomic E-state index is 12.8. The second-order valence-electron chi connectivity index (χ2n) is 7.18. The van der Waals surface area contributed by atoms with Gasteiger partial charge in [0.15, 0.2) is 5.60 Å². The van der Waals surface area contributed by atoms with Gasteiger partial charge in [0.1, 0.15) is 0 Å². The normalized spacial score (nSPS) is 16.2. The molecular formula is C21H23F3N2O3. The largest absolute Gasteiger partial charge is 0.481 e. The van der Waals surface area contributed by atoms with E-state index in [9.17, 15) is 23.1 Å². The topological polar surface area (TPSA) is 71.5 Å². The van der Waals surface area contributed by atoms with Crippen LogP contribution in [0.1, 0.15) is 54.4 Å². The van der Waals surface area contributed by atoms with E-state index >= 15 is 0 Å². The molecule has 5 nitrogen and oxygen atoms in total. The summed E-state index contributed by atoms with van der Waals surface area (Å²) < 4.78 is 43.6. The Labute approximate surface area is 166 Å². The van der Waals surface area contributed by atoms with Gasteiger partial charge in [0, 0.05) is 18.3 Å². The summed E-state index contributed by atoms with van der Waals surface area (Å²) in [4.78, 5) is 17.0. The number of nitrogens with zero attached hydrogens (tertiary/aromatic N) is 1. The molecule has 0 aliphatic heterocycles.